The van der Waals surface area contributed by atoms with Gasteiger partial charge in [-0.05, 0) is 102 Å². The fourth-order valence-electron chi connectivity index (χ4n) is 6.82. The van der Waals surface area contributed by atoms with Crippen LogP contribution in [0.5, 0.6) is 5.75 Å². The summed E-state index contributed by atoms with van der Waals surface area (Å²) in [5, 5.41) is 0.454. The molecule has 0 amide bonds. The van der Waals surface area contributed by atoms with E-state index in [0.717, 1.165) is 78.1 Å². The van der Waals surface area contributed by atoms with Crippen LogP contribution in [-0.2, 0) is 41.5 Å². The number of para-hydroxylation sites is 1. The van der Waals surface area contributed by atoms with E-state index in [-0.39, 0.29) is 18.6 Å². The summed E-state index contributed by atoms with van der Waals surface area (Å²) >= 11 is 6.65. The number of alkyl halides is 3. The first-order valence-corrected chi connectivity index (χ1v) is 18.1. The normalized spacial score (nSPS) is 14.0. The summed E-state index contributed by atoms with van der Waals surface area (Å²) in [4.78, 5) is 31.4. The van der Waals surface area contributed by atoms with Gasteiger partial charge in [-0.15, -0.1) is 0 Å². The highest BCUT2D eigenvalue weighted by Crippen LogP contribution is 2.35. The van der Waals surface area contributed by atoms with Crippen LogP contribution in [0.15, 0.2) is 103 Å². The van der Waals surface area contributed by atoms with Crippen LogP contribution in [0.3, 0.4) is 0 Å². The van der Waals surface area contributed by atoms with Crippen molar-refractivity contribution in [1.82, 2.24) is 9.88 Å². The average molecular weight is 757 g/mol. The number of aromatic nitrogens is 1. The van der Waals surface area contributed by atoms with Gasteiger partial charge in [-0.25, -0.2) is 14.6 Å². The number of halogens is 4. The maximum absolute atomic E-state index is 13.0. The van der Waals surface area contributed by atoms with Gasteiger partial charge in [0, 0.05) is 35.4 Å². The van der Waals surface area contributed by atoms with Gasteiger partial charge in [0.05, 0.1) is 25.3 Å². The van der Waals surface area contributed by atoms with Crippen LogP contribution in [0.1, 0.15) is 73.2 Å². The number of fused-ring (bicyclic) bond motifs is 1. The van der Waals surface area contributed by atoms with Crippen molar-refractivity contribution in [1.29, 1.82) is 0 Å². The highest BCUT2D eigenvalue weighted by Gasteiger charge is 2.30. The number of rotatable bonds is 13. The largest absolute Gasteiger partial charge is 0.489 e. The second kappa shape index (κ2) is 17.3. The van der Waals surface area contributed by atoms with E-state index in [4.69, 9.17) is 25.8 Å². The molecule has 280 valence electrons. The zero-order valence-electron chi connectivity index (χ0n) is 30.0. The molecule has 0 N–H and O–H groups in total. The molecule has 5 aromatic rings. The minimum absolute atomic E-state index is 0.0809. The number of methoxy groups -OCH3 is 2. The summed E-state index contributed by atoms with van der Waals surface area (Å²) < 4.78 is 55.2. The van der Waals surface area contributed by atoms with E-state index in [1.54, 1.807) is 24.3 Å². The Hall–Kier alpha value is -5.19. The van der Waals surface area contributed by atoms with Crippen LogP contribution in [0.25, 0.3) is 11.1 Å². The molecule has 0 spiro atoms. The van der Waals surface area contributed by atoms with Gasteiger partial charge in [0.25, 0.3) is 0 Å². The number of esters is 2. The molecular formula is C43H40ClF3N2O5. The maximum atomic E-state index is 13.0. The number of benzene rings is 4. The van der Waals surface area contributed by atoms with E-state index in [9.17, 15) is 22.8 Å². The van der Waals surface area contributed by atoms with Crippen LogP contribution in [0.2, 0.25) is 5.02 Å². The highest BCUT2D eigenvalue weighted by atomic mass is 35.5. The smallest absolute Gasteiger partial charge is 0.416 e. The highest BCUT2D eigenvalue weighted by molar-refractivity contribution is 6.31. The lowest BCUT2D eigenvalue weighted by Gasteiger charge is -2.36. The second-order valence-corrected chi connectivity index (χ2v) is 13.5. The Morgan fingerprint density at radius 3 is 2.22 bits per heavy atom. The summed E-state index contributed by atoms with van der Waals surface area (Å²) in [5.41, 5.74) is 6.31. The Bertz CT molecular complexity index is 2090. The minimum Gasteiger partial charge on any atom is -0.489 e. The van der Waals surface area contributed by atoms with Crippen LogP contribution in [-0.4, -0.2) is 49.1 Å². The lowest BCUT2D eigenvalue weighted by molar-refractivity contribution is -0.137. The zero-order chi connectivity index (χ0) is 38.2. The molecule has 54 heavy (non-hydrogen) atoms. The van der Waals surface area contributed by atoms with Gasteiger partial charge in [0.1, 0.15) is 18.1 Å². The molecule has 0 aliphatic heterocycles. The topological polar surface area (TPSA) is 78.0 Å². The molecule has 1 aliphatic carbocycles. The number of hydrogen-bond donors (Lipinski definition) is 0. The molecule has 0 saturated heterocycles. The number of carbonyl (C=O) groups is 2. The lowest BCUT2D eigenvalue weighted by atomic mass is 9.89. The van der Waals surface area contributed by atoms with Crippen LogP contribution in [0.4, 0.5) is 13.2 Å². The predicted octanol–water partition coefficient (Wildman–Crippen LogP) is 9.74. The van der Waals surface area contributed by atoms with E-state index < -0.39 is 17.7 Å². The van der Waals surface area contributed by atoms with Crippen molar-refractivity contribution >= 4 is 23.5 Å². The van der Waals surface area contributed by atoms with Crippen molar-refractivity contribution in [2.24, 2.45) is 0 Å². The third-order valence-corrected chi connectivity index (χ3v) is 10.1. The van der Waals surface area contributed by atoms with Crippen LogP contribution in [0, 0.1) is 0 Å². The van der Waals surface area contributed by atoms with E-state index in [1.807, 2.05) is 54.6 Å². The summed E-state index contributed by atoms with van der Waals surface area (Å²) in [7, 11) is 2.72. The van der Waals surface area contributed by atoms with Crippen LogP contribution < -0.4 is 4.74 Å². The first kappa shape index (κ1) is 38.5. The fraction of sp³-hybridized carbons (Fsp3) is 0.279. The Morgan fingerprint density at radius 2 is 1.52 bits per heavy atom. The number of hydrogen-bond acceptors (Lipinski definition) is 7. The quantitative estimate of drug-likeness (QED) is 0.111. The molecule has 7 nitrogen and oxygen atoms in total. The van der Waals surface area contributed by atoms with Gasteiger partial charge in [0.2, 0.25) is 0 Å². The molecule has 11 heteroatoms. The van der Waals surface area contributed by atoms with E-state index in [2.05, 4.69) is 9.88 Å². The third-order valence-electron chi connectivity index (χ3n) is 9.78. The summed E-state index contributed by atoms with van der Waals surface area (Å²) in [6.45, 7) is 1.66. The van der Waals surface area contributed by atoms with Gasteiger partial charge in [-0.2, -0.15) is 13.2 Å². The van der Waals surface area contributed by atoms with Gasteiger partial charge < -0.3 is 14.2 Å². The molecule has 0 saturated carbocycles. The molecule has 1 atom stereocenters. The lowest BCUT2D eigenvalue weighted by Crippen LogP contribution is -2.35. The number of nitrogens with zero attached hydrogens (tertiary/aromatic N) is 2. The summed E-state index contributed by atoms with van der Waals surface area (Å²) in [6.07, 6.45) is -0.311. The van der Waals surface area contributed by atoms with Crippen molar-refractivity contribution in [3.05, 3.63) is 153 Å². The Kier molecular flexibility index (Phi) is 12.3. The van der Waals surface area contributed by atoms with Gasteiger partial charge in [-0.3, -0.25) is 4.90 Å². The molecule has 1 aliphatic rings. The first-order valence-electron chi connectivity index (χ1n) is 17.7. The molecule has 1 aromatic heterocycles. The van der Waals surface area contributed by atoms with Crippen molar-refractivity contribution in [3.63, 3.8) is 0 Å². The third kappa shape index (κ3) is 9.29. The molecule has 0 bridgehead atoms. The van der Waals surface area contributed by atoms with Crippen molar-refractivity contribution in [2.75, 3.05) is 27.3 Å². The van der Waals surface area contributed by atoms with Gasteiger partial charge in [-0.1, -0.05) is 72.3 Å². The maximum Gasteiger partial charge on any atom is 0.416 e. The molecular weight excluding hydrogens is 717 g/mol. The Labute approximate surface area is 317 Å². The van der Waals surface area contributed by atoms with Crippen molar-refractivity contribution in [2.45, 2.75) is 50.9 Å². The number of ether oxygens (including phenoxy) is 3. The average Bonchev–Trinajstić information content (AvgIpc) is 3.19. The second-order valence-electron chi connectivity index (χ2n) is 13.1. The van der Waals surface area contributed by atoms with Crippen molar-refractivity contribution in [3.8, 4) is 16.9 Å². The monoisotopic (exact) mass is 756 g/mol. The summed E-state index contributed by atoms with van der Waals surface area (Å²) in [5.74, 6) is -0.105. The molecule has 4 aromatic carbocycles. The standard InChI is InChI=1S/C43H40ClF3N2O5/c1-52-41(50)31-12-10-28(11-13-31)22-24-49(39-8-5-7-37-35(39)20-21-38(48-37)42(51)53-2)25-23-30-6-3-4-9-40(30)54-27-33-15-14-32(26-36(33)44)29-16-18-34(19-17-29)43(45,46)47/h3-4,6,9-21,26,39H,5,7-8,22-25,27H2,1-2H3/t39-/m0/s1. The minimum atomic E-state index is -4.40. The van der Waals surface area contributed by atoms with Gasteiger partial charge >= 0.3 is 18.1 Å². The predicted molar refractivity (Wildman–Crippen MR) is 201 cm³/mol. The number of aryl methyl sites for hydroxylation is 1. The van der Waals surface area contributed by atoms with E-state index in [1.165, 1.54) is 26.4 Å². The van der Waals surface area contributed by atoms with Gasteiger partial charge in [0.15, 0.2) is 0 Å². The first-order chi connectivity index (χ1) is 26.0. The van der Waals surface area contributed by atoms with E-state index >= 15 is 0 Å². The zero-order valence-corrected chi connectivity index (χ0v) is 30.8. The molecule has 0 fully saturated rings. The Morgan fingerprint density at radius 1 is 0.815 bits per heavy atom. The molecule has 6 rings (SSSR count). The molecule has 0 radical (unpaired) electrons. The summed E-state index contributed by atoms with van der Waals surface area (Å²) in [6, 6.07) is 29.6. The van der Waals surface area contributed by atoms with Crippen LogP contribution >= 0.6 is 11.6 Å². The van der Waals surface area contributed by atoms with Crippen molar-refractivity contribution < 1.29 is 37.0 Å². The van der Waals surface area contributed by atoms with E-state index in [0.29, 0.717) is 40.4 Å². The Balaban J connectivity index is 1.18. The molecule has 1 heterocycles. The number of carbonyl (C=O) groups excluding carboxylic acids is 2. The number of pyridine rings is 1. The fourth-order valence-corrected chi connectivity index (χ4v) is 7.05. The molecule has 0 unspecified atom stereocenters. The SMILES string of the molecule is COC(=O)c1ccc(CCN(CCc2ccccc2OCc2ccc(-c3ccc(C(F)(F)F)cc3)cc2Cl)[C@H]2CCCc3nc(C(=O)OC)ccc32)cc1.